The van der Waals surface area contributed by atoms with Gasteiger partial charge in [0.2, 0.25) is 0 Å². The quantitative estimate of drug-likeness (QED) is 0.811. The summed E-state index contributed by atoms with van der Waals surface area (Å²) in [4.78, 5) is 22.0. The molecule has 1 aromatic rings. The molecule has 0 aliphatic rings. The Kier molecular flexibility index (Phi) is 4.03. The standard InChI is InChI=1S/C12H15NO2/c1-9(14)3-4-10-5-7-11(8-6-10)12(15)13-2/h5-8H,3-4H2,1-2H3,(H,13,15). The molecule has 0 aliphatic carbocycles. The van der Waals surface area contributed by atoms with Gasteiger partial charge in [-0.1, -0.05) is 12.1 Å². The van der Waals surface area contributed by atoms with Crippen LogP contribution < -0.4 is 5.32 Å². The van der Waals surface area contributed by atoms with Crippen LogP contribution in [0, 0.1) is 0 Å². The molecule has 0 unspecified atom stereocenters. The first-order valence-corrected chi connectivity index (χ1v) is 4.94. The molecule has 0 atom stereocenters. The maximum absolute atomic E-state index is 11.2. The third kappa shape index (κ3) is 3.54. The molecule has 3 nitrogen and oxygen atoms in total. The van der Waals surface area contributed by atoms with Crippen LogP contribution in [0.2, 0.25) is 0 Å². The normalized spacial score (nSPS) is 9.73. The van der Waals surface area contributed by atoms with Gasteiger partial charge in [-0.15, -0.1) is 0 Å². The van der Waals surface area contributed by atoms with Crippen LogP contribution in [0.15, 0.2) is 24.3 Å². The molecular formula is C12H15NO2. The van der Waals surface area contributed by atoms with Crippen molar-refractivity contribution in [3.63, 3.8) is 0 Å². The zero-order chi connectivity index (χ0) is 11.3. The molecule has 0 radical (unpaired) electrons. The van der Waals surface area contributed by atoms with E-state index in [1.165, 1.54) is 0 Å². The number of benzene rings is 1. The molecule has 3 heteroatoms. The van der Waals surface area contributed by atoms with E-state index in [4.69, 9.17) is 0 Å². The van der Waals surface area contributed by atoms with Gasteiger partial charge in [0.05, 0.1) is 0 Å². The fraction of sp³-hybridized carbons (Fsp3) is 0.333. The van der Waals surface area contributed by atoms with Crippen molar-refractivity contribution in [2.75, 3.05) is 7.05 Å². The maximum Gasteiger partial charge on any atom is 0.251 e. The predicted molar refractivity (Wildman–Crippen MR) is 58.8 cm³/mol. The van der Waals surface area contributed by atoms with Crippen molar-refractivity contribution in [2.24, 2.45) is 0 Å². The molecule has 80 valence electrons. The molecule has 0 aromatic heterocycles. The summed E-state index contributed by atoms with van der Waals surface area (Å²) in [6.45, 7) is 1.58. The minimum absolute atomic E-state index is 0.0897. The SMILES string of the molecule is CNC(=O)c1ccc(CCC(C)=O)cc1. The number of nitrogens with one attached hydrogen (secondary N) is 1. The van der Waals surface area contributed by atoms with Crippen LogP contribution in [-0.4, -0.2) is 18.7 Å². The Balaban J connectivity index is 2.64. The molecule has 0 aliphatic heterocycles. The van der Waals surface area contributed by atoms with Crippen LogP contribution in [-0.2, 0) is 11.2 Å². The molecule has 1 N–H and O–H groups in total. The zero-order valence-corrected chi connectivity index (χ0v) is 9.04. The van der Waals surface area contributed by atoms with E-state index in [0.29, 0.717) is 12.0 Å². The number of ketones is 1. The highest BCUT2D eigenvalue weighted by Gasteiger charge is 2.02. The fourth-order valence-electron chi connectivity index (χ4n) is 1.29. The van der Waals surface area contributed by atoms with Gasteiger partial charge in [-0.05, 0) is 31.0 Å². The van der Waals surface area contributed by atoms with E-state index >= 15 is 0 Å². The number of aryl methyl sites for hydroxylation is 1. The van der Waals surface area contributed by atoms with E-state index in [1.807, 2.05) is 12.1 Å². The van der Waals surface area contributed by atoms with E-state index in [2.05, 4.69) is 5.32 Å². The molecule has 0 bridgehead atoms. The number of Topliss-reactive ketones (excluding diaryl/α,β-unsaturated/α-hetero) is 1. The van der Waals surface area contributed by atoms with Gasteiger partial charge >= 0.3 is 0 Å². The number of carbonyl (C=O) groups excluding carboxylic acids is 2. The van der Waals surface area contributed by atoms with Crippen molar-refractivity contribution in [1.29, 1.82) is 0 Å². The van der Waals surface area contributed by atoms with E-state index in [0.717, 1.165) is 12.0 Å². The van der Waals surface area contributed by atoms with Gasteiger partial charge in [-0.25, -0.2) is 0 Å². The average molecular weight is 205 g/mol. The molecule has 1 amide bonds. The Morgan fingerprint density at radius 3 is 2.27 bits per heavy atom. The monoisotopic (exact) mass is 205 g/mol. The van der Waals surface area contributed by atoms with Crippen LogP contribution in [0.3, 0.4) is 0 Å². The van der Waals surface area contributed by atoms with Crippen LogP contribution in [0.4, 0.5) is 0 Å². The van der Waals surface area contributed by atoms with Gasteiger partial charge in [0.1, 0.15) is 5.78 Å². The first-order chi connectivity index (χ1) is 7.13. The molecule has 0 saturated carbocycles. The van der Waals surface area contributed by atoms with Gasteiger partial charge in [0, 0.05) is 19.0 Å². The molecule has 0 heterocycles. The van der Waals surface area contributed by atoms with Gasteiger partial charge in [0.15, 0.2) is 0 Å². The number of hydrogen-bond donors (Lipinski definition) is 1. The van der Waals surface area contributed by atoms with Gasteiger partial charge < -0.3 is 10.1 Å². The lowest BCUT2D eigenvalue weighted by Gasteiger charge is -2.02. The third-order valence-electron chi connectivity index (χ3n) is 2.21. The number of amides is 1. The third-order valence-corrected chi connectivity index (χ3v) is 2.21. The van der Waals surface area contributed by atoms with Crippen molar-refractivity contribution in [3.05, 3.63) is 35.4 Å². The predicted octanol–water partition coefficient (Wildman–Crippen LogP) is 1.57. The van der Waals surface area contributed by atoms with Crippen molar-refractivity contribution < 1.29 is 9.59 Å². The summed E-state index contributed by atoms with van der Waals surface area (Å²) in [5.74, 6) is 0.0958. The lowest BCUT2D eigenvalue weighted by atomic mass is 10.1. The Hall–Kier alpha value is -1.64. The number of rotatable bonds is 4. The Morgan fingerprint density at radius 2 is 1.80 bits per heavy atom. The van der Waals surface area contributed by atoms with Gasteiger partial charge in [-0.3, -0.25) is 4.79 Å². The lowest BCUT2D eigenvalue weighted by Crippen LogP contribution is -2.17. The Labute approximate surface area is 89.5 Å². The van der Waals surface area contributed by atoms with Crippen molar-refractivity contribution in [1.82, 2.24) is 5.32 Å². The zero-order valence-electron chi connectivity index (χ0n) is 9.04. The minimum atomic E-state index is -0.0897. The van der Waals surface area contributed by atoms with E-state index < -0.39 is 0 Å². The highest BCUT2D eigenvalue weighted by Crippen LogP contribution is 2.06. The summed E-state index contributed by atoms with van der Waals surface area (Å²) in [7, 11) is 1.60. The Morgan fingerprint density at radius 1 is 1.20 bits per heavy atom. The van der Waals surface area contributed by atoms with Crippen molar-refractivity contribution in [3.8, 4) is 0 Å². The first-order valence-electron chi connectivity index (χ1n) is 4.94. The molecular weight excluding hydrogens is 190 g/mol. The van der Waals surface area contributed by atoms with Gasteiger partial charge in [-0.2, -0.15) is 0 Å². The van der Waals surface area contributed by atoms with E-state index in [9.17, 15) is 9.59 Å². The topological polar surface area (TPSA) is 46.2 Å². The molecule has 1 aromatic carbocycles. The van der Waals surface area contributed by atoms with Crippen molar-refractivity contribution in [2.45, 2.75) is 19.8 Å². The maximum atomic E-state index is 11.2. The van der Waals surface area contributed by atoms with Gasteiger partial charge in [0.25, 0.3) is 5.91 Å². The smallest absolute Gasteiger partial charge is 0.251 e. The highest BCUT2D eigenvalue weighted by molar-refractivity contribution is 5.93. The van der Waals surface area contributed by atoms with E-state index in [-0.39, 0.29) is 11.7 Å². The minimum Gasteiger partial charge on any atom is -0.355 e. The van der Waals surface area contributed by atoms with Crippen LogP contribution in [0.1, 0.15) is 29.3 Å². The summed E-state index contributed by atoms with van der Waals surface area (Å²) in [6, 6.07) is 7.31. The largest absolute Gasteiger partial charge is 0.355 e. The molecule has 0 spiro atoms. The van der Waals surface area contributed by atoms with Crippen LogP contribution in [0.5, 0.6) is 0 Å². The molecule has 1 rings (SSSR count). The average Bonchev–Trinajstić information content (AvgIpc) is 2.26. The summed E-state index contributed by atoms with van der Waals surface area (Å²) >= 11 is 0. The highest BCUT2D eigenvalue weighted by atomic mass is 16.1. The second-order valence-corrected chi connectivity index (χ2v) is 3.48. The number of carbonyl (C=O) groups is 2. The molecule has 0 saturated heterocycles. The summed E-state index contributed by atoms with van der Waals surface area (Å²) < 4.78 is 0. The first kappa shape index (κ1) is 11.4. The lowest BCUT2D eigenvalue weighted by molar-refractivity contribution is -0.116. The summed E-state index contributed by atoms with van der Waals surface area (Å²) in [5, 5.41) is 2.56. The second kappa shape index (κ2) is 5.29. The fourth-order valence-corrected chi connectivity index (χ4v) is 1.29. The van der Waals surface area contributed by atoms with Crippen molar-refractivity contribution >= 4 is 11.7 Å². The number of hydrogen-bond acceptors (Lipinski definition) is 2. The van der Waals surface area contributed by atoms with Crippen LogP contribution >= 0.6 is 0 Å². The second-order valence-electron chi connectivity index (χ2n) is 3.48. The summed E-state index contributed by atoms with van der Waals surface area (Å²) in [5.41, 5.74) is 1.72. The van der Waals surface area contributed by atoms with Crippen LogP contribution in [0.25, 0.3) is 0 Å². The molecule has 0 fully saturated rings. The Bertz CT molecular complexity index is 354. The molecule has 15 heavy (non-hydrogen) atoms. The van der Waals surface area contributed by atoms with E-state index in [1.54, 1.807) is 26.1 Å². The summed E-state index contributed by atoms with van der Waals surface area (Å²) in [6.07, 6.45) is 1.29.